The van der Waals surface area contributed by atoms with Crippen molar-refractivity contribution in [1.82, 2.24) is 20.0 Å². The first-order valence-corrected chi connectivity index (χ1v) is 6.18. The Hall–Kier alpha value is -2.12. The van der Waals surface area contributed by atoms with Crippen LogP contribution in [0, 0.1) is 0 Å². The molecular formula is C12H12F3N5. The summed E-state index contributed by atoms with van der Waals surface area (Å²) in [4.78, 5) is 5.55. The fourth-order valence-electron chi connectivity index (χ4n) is 2.43. The van der Waals surface area contributed by atoms with E-state index in [1.54, 1.807) is 22.0 Å². The molecule has 106 valence electrons. The van der Waals surface area contributed by atoms with E-state index < -0.39 is 11.7 Å². The van der Waals surface area contributed by atoms with Crippen LogP contribution in [0.3, 0.4) is 0 Å². The van der Waals surface area contributed by atoms with E-state index in [-0.39, 0.29) is 11.9 Å². The van der Waals surface area contributed by atoms with Crippen molar-refractivity contribution in [2.24, 2.45) is 0 Å². The molecule has 8 heteroatoms. The Morgan fingerprint density at radius 3 is 2.80 bits per heavy atom. The lowest BCUT2D eigenvalue weighted by molar-refractivity contribution is -0.137. The average Bonchev–Trinajstić information content (AvgIpc) is 3.09. The van der Waals surface area contributed by atoms with Gasteiger partial charge in [0.2, 0.25) is 0 Å². The van der Waals surface area contributed by atoms with E-state index in [0.29, 0.717) is 13.1 Å². The molecule has 0 bridgehead atoms. The zero-order chi connectivity index (χ0) is 14.2. The highest BCUT2D eigenvalue weighted by molar-refractivity contribution is 5.49. The second-order valence-electron chi connectivity index (χ2n) is 4.64. The van der Waals surface area contributed by atoms with Crippen LogP contribution in [-0.4, -0.2) is 33.1 Å². The first-order valence-electron chi connectivity index (χ1n) is 6.18. The molecule has 0 aliphatic carbocycles. The van der Waals surface area contributed by atoms with Crippen LogP contribution in [0.25, 0.3) is 0 Å². The number of aromatic nitrogens is 4. The van der Waals surface area contributed by atoms with Crippen molar-refractivity contribution in [2.45, 2.75) is 18.6 Å². The average molecular weight is 283 g/mol. The largest absolute Gasteiger partial charge is 0.419 e. The molecule has 5 nitrogen and oxygen atoms in total. The summed E-state index contributed by atoms with van der Waals surface area (Å²) < 4.78 is 40.6. The summed E-state index contributed by atoms with van der Waals surface area (Å²) in [6.07, 6.45) is 0.987. The van der Waals surface area contributed by atoms with E-state index in [1.807, 2.05) is 0 Å². The number of alkyl halides is 3. The van der Waals surface area contributed by atoms with E-state index in [9.17, 15) is 13.2 Å². The van der Waals surface area contributed by atoms with E-state index >= 15 is 0 Å². The zero-order valence-corrected chi connectivity index (χ0v) is 10.5. The van der Waals surface area contributed by atoms with E-state index in [1.165, 1.54) is 12.3 Å². The number of halogens is 3. The smallest absolute Gasteiger partial charge is 0.354 e. The maximum Gasteiger partial charge on any atom is 0.419 e. The third-order valence-electron chi connectivity index (χ3n) is 3.37. The maximum atomic E-state index is 13.0. The molecule has 1 atom stereocenters. The summed E-state index contributed by atoms with van der Waals surface area (Å²) in [5.74, 6) is -0.0115. The number of rotatable bonds is 2. The molecule has 2 aromatic rings. The van der Waals surface area contributed by atoms with Gasteiger partial charge in [0.05, 0.1) is 17.8 Å². The number of hydrogen-bond donors (Lipinski definition) is 0. The minimum Gasteiger partial charge on any atom is -0.354 e. The zero-order valence-electron chi connectivity index (χ0n) is 10.5. The quantitative estimate of drug-likeness (QED) is 0.847. The van der Waals surface area contributed by atoms with Crippen molar-refractivity contribution < 1.29 is 13.2 Å². The van der Waals surface area contributed by atoms with Crippen molar-refractivity contribution >= 4 is 5.82 Å². The summed E-state index contributed by atoms with van der Waals surface area (Å²) in [5.41, 5.74) is -0.695. The van der Waals surface area contributed by atoms with Gasteiger partial charge in [-0.3, -0.25) is 0 Å². The Morgan fingerprint density at radius 2 is 2.10 bits per heavy atom. The van der Waals surface area contributed by atoms with Gasteiger partial charge in [0.25, 0.3) is 0 Å². The predicted octanol–water partition coefficient (Wildman–Crippen LogP) is 2.14. The van der Waals surface area contributed by atoms with Gasteiger partial charge in [-0.25, -0.2) is 9.67 Å². The highest BCUT2D eigenvalue weighted by Crippen LogP contribution is 2.37. The third kappa shape index (κ3) is 2.33. The minimum absolute atomic E-state index is 0.0115. The van der Waals surface area contributed by atoms with Gasteiger partial charge in [0.1, 0.15) is 5.82 Å². The normalized spacial score (nSPS) is 19.6. The van der Waals surface area contributed by atoms with Gasteiger partial charge in [-0.1, -0.05) is 5.21 Å². The topological polar surface area (TPSA) is 46.8 Å². The fraction of sp³-hybridized carbons (Fsp3) is 0.417. The van der Waals surface area contributed by atoms with E-state index in [4.69, 9.17) is 0 Å². The first kappa shape index (κ1) is 12.9. The van der Waals surface area contributed by atoms with Crippen LogP contribution in [0.5, 0.6) is 0 Å². The van der Waals surface area contributed by atoms with Gasteiger partial charge in [-0.05, 0) is 18.6 Å². The van der Waals surface area contributed by atoms with Crippen LogP contribution >= 0.6 is 0 Å². The number of nitrogens with zero attached hydrogens (tertiary/aromatic N) is 5. The second-order valence-corrected chi connectivity index (χ2v) is 4.64. The molecule has 3 heterocycles. The molecule has 20 heavy (non-hydrogen) atoms. The molecule has 3 rings (SSSR count). The monoisotopic (exact) mass is 283 g/mol. The predicted molar refractivity (Wildman–Crippen MR) is 65.1 cm³/mol. The first-order chi connectivity index (χ1) is 9.55. The summed E-state index contributed by atoms with van der Waals surface area (Å²) in [5, 5.41) is 7.62. The minimum atomic E-state index is -4.39. The van der Waals surface area contributed by atoms with E-state index in [2.05, 4.69) is 15.3 Å². The summed E-state index contributed by atoms with van der Waals surface area (Å²) >= 11 is 0. The SMILES string of the molecule is FC(F)(F)c1cccnc1N1CCC(n2ccnn2)C1. The number of anilines is 1. The van der Waals surface area contributed by atoms with Gasteiger partial charge in [-0.2, -0.15) is 13.2 Å². The fourth-order valence-corrected chi connectivity index (χ4v) is 2.43. The number of pyridine rings is 1. The molecule has 1 aliphatic rings. The van der Waals surface area contributed by atoms with Crippen LogP contribution < -0.4 is 4.90 Å². The van der Waals surface area contributed by atoms with Gasteiger partial charge in [0.15, 0.2) is 0 Å². The maximum absolute atomic E-state index is 13.0. The summed E-state index contributed by atoms with van der Waals surface area (Å²) in [7, 11) is 0. The van der Waals surface area contributed by atoms with Gasteiger partial charge in [0, 0.05) is 25.5 Å². The Morgan fingerprint density at radius 1 is 1.25 bits per heavy atom. The third-order valence-corrected chi connectivity index (χ3v) is 3.37. The Labute approximate surface area is 113 Å². The van der Waals surface area contributed by atoms with Crippen LogP contribution in [0.4, 0.5) is 19.0 Å². The summed E-state index contributed by atoms with van der Waals surface area (Å²) in [6.45, 7) is 0.966. The Balaban J connectivity index is 1.85. The highest BCUT2D eigenvalue weighted by Gasteiger charge is 2.37. The van der Waals surface area contributed by atoms with Crippen LogP contribution in [0.1, 0.15) is 18.0 Å². The lowest BCUT2D eigenvalue weighted by Gasteiger charge is -2.21. The molecule has 1 fully saturated rings. The van der Waals surface area contributed by atoms with Crippen molar-refractivity contribution in [3.8, 4) is 0 Å². The molecular weight excluding hydrogens is 271 g/mol. The van der Waals surface area contributed by atoms with Gasteiger partial charge < -0.3 is 4.90 Å². The molecule has 1 aliphatic heterocycles. The number of hydrogen-bond acceptors (Lipinski definition) is 4. The molecule has 0 saturated carbocycles. The van der Waals surface area contributed by atoms with Crippen molar-refractivity contribution in [2.75, 3.05) is 18.0 Å². The standard InChI is InChI=1S/C12H12F3N5/c13-12(14,15)10-2-1-4-16-11(10)19-6-3-9(8-19)20-7-5-17-18-20/h1-2,4-5,7,9H,3,6,8H2. The van der Waals surface area contributed by atoms with Gasteiger partial charge >= 0.3 is 6.18 Å². The molecule has 0 N–H and O–H groups in total. The second kappa shape index (κ2) is 4.77. The van der Waals surface area contributed by atoms with Gasteiger partial charge in [-0.15, -0.1) is 5.10 Å². The van der Waals surface area contributed by atoms with Crippen LogP contribution in [0.15, 0.2) is 30.7 Å². The van der Waals surface area contributed by atoms with Crippen LogP contribution in [0.2, 0.25) is 0 Å². The molecule has 0 amide bonds. The van der Waals surface area contributed by atoms with Crippen molar-refractivity contribution in [3.05, 3.63) is 36.3 Å². The Kier molecular flexibility index (Phi) is 3.07. The van der Waals surface area contributed by atoms with Crippen molar-refractivity contribution in [3.63, 3.8) is 0 Å². The lowest BCUT2D eigenvalue weighted by Crippen LogP contribution is -2.25. The molecule has 1 unspecified atom stereocenters. The highest BCUT2D eigenvalue weighted by atomic mass is 19.4. The molecule has 0 spiro atoms. The Bertz CT molecular complexity index is 581. The van der Waals surface area contributed by atoms with Crippen LogP contribution in [-0.2, 0) is 6.18 Å². The lowest BCUT2D eigenvalue weighted by atomic mass is 10.2. The summed E-state index contributed by atoms with van der Waals surface area (Å²) in [6, 6.07) is 2.39. The molecule has 1 saturated heterocycles. The molecule has 0 aromatic carbocycles. The molecule has 0 radical (unpaired) electrons. The van der Waals surface area contributed by atoms with E-state index in [0.717, 1.165) is 12.5 Å². The molecule has 2 aromatic heterocycles. The van der Waals surface area contributed by atoms with Crippen molar-refractivity contribution in [1.29, 1.82) is 0 Å².